The van der Waals surface area contributed by atoms with E-state index < -0.39 is 0 Å². The van der Waals surface area contributed by atoms with Crippen LogP contribution in [0, 0.1) is 12.8 Å². The first-order valence-corrected chi connectivity index (χ1v) is 6.51. The zero-order valence-corrected chi connectivity index (χ0v) is 11.4. The number of aryl methyl sites for hydroxylation is 1. The second-order valence-electron chi connectivity index (χ2n) is 4.88. The molecule has 0 aromatic carbocycles. The summed E-state index contributed by atoms with van der Waals surface area (Å²) >= 11 is 0. The van der Waals surface area contributed by atoms with E-state index in [0.29, 0.717) is 5.95 Å². The van der Waals surface area contributed by atoms with Crippen LogP contribution in [0.25, 0.3) is 0 Å². The van der Waals surface area contributed by atoms with E-state index >= 15 is 0 Å². The number of rotatable bonds is 7. The molecule has 0 spiro atoms. The topological polar surface area (TPSA) is 50.3 Å². The van der Waals surface area contributed by atoms with Crippen LogP contribution in [0.5, 0.6) is 0 Å². The van der Waals surface area contributed by atoms with Crippen LogP contribution in [0.15, 0.2) is 6.07 Å². The van der Waals surface area contributed by atoms with Gasteiger partial charge >= 0.3 is 0 Å². The average molecular weight is 250 g/mol. The molecule has 5 nitrogen and oxygen atoms in total. The standard InChI is InChI=1S/C13H22N4O/c1-10-8-12(16-13(14-2)15-10)17(3)6-7-18-9-11-4-5-11/h8,11H,4-7,9H2,1-3H3,(H,14,15,16). The summed E-state index contributed by atoms with van der Waals surface area (Å²) in [7, 11) is 3.86. The summed E-state index contributed by atoms with van der Waals surface area (Å²) in [5, 5.41) is 2.97. The van der Waals surface area contributed by atoms with Crippen molar-refractivity contribution in [1.82, 2.24) is 9.97 Å². The molecule has 1 aliphatic carbocycles. The van der Waals surface area contributed by atoms with Gasteiger partial charge in [0.05, 0.1) is 6.61 Å². The molecule has 5 heteroatoms. The summed E-state index contributed by atoms with van der Waals surface area (Å²) in [6, 6.07) is 1.99. The van der Waals surface area contributed by atoms with Crippen LogP contribution in [0.2, 0.25) is 0 Å². The van der Waals surface area contributed by atoms with E-state index in [-0.39, 0.29) is 0 Å². The lowest BCUT2D eigenvalue weighted by Crippen LogP contribution is -2.24. The molecule has 1 aromatic rings. The fourth-order valence-electron chi connectivity index (χ4n) is 1.71. The van der Waals surface area contributed by atoms with Gasteiger partial charge in [-0.15, -0.1) is 0 Å². The average Bonchev–Trinajstić information content (AvgIpc) is 3.17. The summed E-state index contributed by atoms with van der Waals surface area (Å²) in [5.41, 5.74) is 0.968. The van der Waals surface area contributed by atoms with Gasteiger partial charge in [0, 0.05) is 39.0 Å². The SMILES string of the molecule is CNc1nc(C)cc(N(C)CCOCC2CC2)n1. The fraction of sp³-hybridized carbons (Fsp3) is 0.692. The van der Waals surface area contributed by atoms with Crippen molar-refractivity contribution in [2.24, 2.45) is 5.92 Å². The molecule has 18 heavy (non-hydrogen) atoms. The lowest BCUT2D eigenvalue weighted by molar-refractivity contribution is 0.131. The molecule has 1 fully saturated rings. The minimum Gasteiger partial charge on any atom is -0.379 e. The molecular weight excluding hydrogens is 228 g/mol. The number of anilines is 2. The molecule has 1 aliphatic rings. The minimum atomic E-state index is 0.663. The molecule has 0 aliphatic heterocycles. The molecule has 1 aromatic heterocycles. The van der Waals surface area contributed by atoms with Gasteiger partial charge in [-0.2, -0.15) is 4.98 Å². The Labute approximate surface area is 109 Å². The van der Waals surface area contributed by atoms with Crippen LogP contribution >= 0.6 is 0 Å². The summed E-state index contributed by atoms with van der Waals surface area (Å²) < 4.78 is 5.64. The summed E-state index contributed by atoms with van der Waals surface area (Å²) in [4.78, 5) is 10.8. The highest BCUT2D eigenvalue weighted by Crippen LogP contribution is 2.28. The largest absolute Gasteiger partial charge is 0.379 e. The minimum absolute atomic E-state index is 0.663. The molecule has 1 saturated carbocycles. The van der Waals surface area contributed by atoms with Gasteiger partial charge in [0.1, 0.15) is 5.82 Å². The van der Waals surface area contributed by atoms with Crippen molar-refractivity contribution in [3.05, 3.63) is 11.8 Å². The molecule has 0 unspecified atom stereocenters. The van der Waals surface area contributed by atoms with Crippen LogP contribution in [-0.2, 0) is 4.74 Å². The van der Waals surface area contributed by atoms with E-state index in [1.54, 1.807) is 0 Å². The summed E-state index contributed by atoms with van der Waals surface area (Å²) in [5.74, 6) is 2.42. The summed E-state index contributed by atoms with van der Waals surface area (Å²) in [6.45, 7) is 4.50. The third kappa shape index (κ3) is 3.84. The number of hydrogen-bond acceptors (Lipinski definition) is 5. The Morgan fingerprint density at radius 1 is 1.44 bits per heavy atom. The normalized spacial score (nSPS) is 14.6. The second kappa shape index (κ2) is 6.00. The van der Waals surface area contributed by atoms with E-state index in [1.807, 2.05) is 27.1 Å². The molecule has 2 rings (SSSR count). The number of nitrogens with one attached hydrogen (secondary N) is 1. The van der Waals surface area contributed by atoms with Crippen molar-refractivity contribution in [3.63, 3.8) is 0 Å². The van der Waals surface area contributed by atoms with E-state index in [0.717, 1.165) is 37.2 Å². The first kappa shape index (κ1) is 13.1. The van der Waals surface area contributed by atoms with Gasteiger partial charge in [0.15, 0.2) is 0 Å². The monoisotopic (exact) mass is 250 g/mol. The van der Waals surface area contributed by atoms with Crippen molar-refractivity contribution in [2.45, 2.75) is 19.8 Å². The number of likely N-dealkylation sites (N-methyl/N-ethyl adjacent to an activating group) is 1. The smallest absolute Gasteiger partial charge is 0.224 e. The first-order valence-electron chi connectivity index (χ1n) is 6.51. The highest BCUT2D eigenvalue weighted by Gasteiger charge is 2.21. The quantitative estimate of drug-likeness (QED) is 0.746. The zero-order valence-electron chi connectivity index (χ0n) is 11.4. The highest BCUT2D eigenvalue weighted by molar-refractivity contribution is 5.43. The lowest BCUT2D eigenvalue weighted by atomic mass is 10.4. The number of nitrogens with zero attached hydrogens (tertiary/aromatic N) is 3. The molecule has 1 heterocycles. The molecule has 0 saturated heterocycles. The highest BCUT2D eigenvalue weighted by atomic mass is 16.5. The predicted octanol–water partition coefficient (Wildman–Crippen LogP) is 1.69. The lowest BCUT2D eigenvalue weighted by Gasteiger charge is -2.19. The van der Waals surface area contributed by atoms with Crippen molar-refractivity contribution in [2.75, 3.05) is 44.1 Å². The third-order valence-corrected chi connectivity index (χ3v) is 3.08. The van der Waals surface area contributed by atoms with Crippen LogP contribution < -0.4 is 10.2 Å². The number of ether oxygens (including phenoxy) is 1. The van der Waals surface area contributed by atoms with Crippen molar-refractivity contribution in [3.8, 4) is 0 Å². The predicted molar refractivity (Wildman–Crippen MR) is 73.1 cm³/mol. The van der Waals surface area contributed by atoms with Crippen LogP contribution in [0.4, 0.5) is 11.8 Å². The van der Waals surface area contributed by atoms with Gasteiger partial charge in [-0.25, -0.2) is 4.98 Å². The van der Waals surface area contributed by atoms with Crippen LogP contribution in [-0.4, -0.2) is 43.8 Å². The van der Waals surface area contributed by atoms with Gasteiger partial charge < -0.3 is 15.0 Å². The molecule has 0 bridgehead atoms. The molecular formula is C13H22N4O. The maximum Gasteiger partial charge on any atom is 0.224 e. The van der Waals surface area contributed by atoms with Crippen LogP contribution in [0.3, 0.4) is 0 Å². The molecule has 0 radical (unpaired) electrons. The maximum absolute atomic E-state index is 5.64. The Hall–Kier alpha value is -1.36. The Kier molecular flexibility index (Phi) is 4.36. The Balaban J connectivity index is 1.82. The van der Waals surface area contributed by atoms with Gasteiger partial charge in [-0.3, -0.25) is 0 Å². The van der Waals surface area contributed by atoms with E-state index in [1.165, 1.54) is 12.8 Å². The fourth-order valence-corrected chi connectivity index (χ4v) is 1.71. The molecule has 1 N–H and O–H groups in total. The third-order valence-electron chi connectivity index (χ3n) is 3.08. The second-order valence-corrected chi connectivity index (χ2v) is 4.88. The Morgan fingerprint density at radius 3 is 2.89 bits per heavy atom. The molecule has 0 atom stereocenters. The number of hydrogen-bond donors (Lipinski definition) is 1. The number of aromatic nitrogens is 2. The maximum atomic E-state index is 5.64. The van der Waals surface area contributed by atoms with E-state index in [4.69, 9.17) is 4.74 Å². The van der Waals surface area contributed by atoms with Gasteiger partial charge in [-0.05, 0) is 25.7 Å². The Bertz CT molecular complexity index is 393. The van der Waals surface area contributed by atoms with Crippen molar-refractivity contribution < 1.29 is 4.74 Å². The van der Waals surface area contributed by atoms with Gasteiger partial charge in [0.25, 0.3) is 0 Å². The van der Waals surface area contributed by atoms with Crippen molar-refractivity contribution in [1.29, 1.82) is 0 Å². The van der Waals surface area contributed by atoms with E-state index in [2.05, 4.69) is 20.2 Å². The first-order chi connectivity index (χ1) is 8.69. The van der Waals surface area contributed by atoms with Crippen LogP contribution in [0.1, 0.15) is 18.5 Å². The molecule has 0 amide bonds. The Morgan fingerprint density at radius 2 is 2.22 bits per heavy atom. The van der Waals surface area contributed by atoms with E-state index in [9.17, 15) is 0 Å². The van der Waals surface area contributed by atoms with Gasteiger partial charge in [-0.1, -0.05) is 0 Å². The zero-order chi connectivity index (χ0) is 13.0. The van der Waals surface area contributed by atoms with Crippen molar-refractivity contribution >= 4 is 11.8 Å². The molecule has 100 valence electrons. The summed E-state index contributed by atoms with van der Waals surface area (Å²) in [6.07, 6.45) is 2.68. The van der Waals surface area contributed by atoms with Gasteiger partial charge in [0.2, 0.25) is 5.95 Å².